The third-order valence-electron chi connectivity index (χ3n) is 17.1. The van der Waals surface area contributed by atoms with Gasteiger partial charge in [0.15, 0.2) is 6.10 Å². The number of unbranched alkanes of at least 4 members (excludes halogenated alkanes) is 34. The molecule has 0 fully saturated rings. The van der Waals surface area contributed by atoms with E-state index < -0.39 is 26.5 Å². The Hall–Kier alpha value is -4.63. The fourth-order valence-electron chi connectivity index (χ4n) is 11.2. The van der Waals surface area contributed by atoms with Crippen molar-refractivity contribution in [2.45, 2.75) is 354 Å². The van der Waals surface area contributed by atoms with Gasteiger partial charge in [0, 0.05) is 19.4 Å². The normalized spacial score (nSPS) is 13.8. The van der Waals surface area contributed by atoms with Gasteiger partial charge in [0.2, 0.25) is 0 Å². The van der Waals surface area contributed by atoms with Gasteiger partial charge < -0.3 is 20.1 Å². The molecule has 2 atom stereocenters. The number of phosphoric acid groups is 1. The first-order valence-electron chi connectivity index (χ1n) is 40.6. The van der Waals surface area contributed by atoms with Gasteiger partial charge in [0.05, 0.1) is 13.2 Å². The molecule has 0 aromatic carbocycles. The lowest BCUT2D eigenvalue weighted by atomic mass is 10.0. The predicted octanol–water partition coefficient (Wildman–Crippen LogP) is 27.6. The van der Waals surface area contributed by atoms with E-state index in [1.54, 1.807) is 0 Å². The van der Waals surface area contributed by atoms with Crippen LogP contribution in [0.1, 0.15) is 348 Å². The molecule has 0 saturated carbocycles. The Morgan fingerprint density at radius 1 is 0.303 bits per heavy atom. The van der Waals surface area contributed by atoms with Gasteiger partial charge in [-0.05, 0) is 128 Å². The fourth-order valence-corrected chi connectivity index (χ4v) is 12.0. The summed E-state index contributed by atoms with van der Waals surface area (Å²) < 4.78 is 33.3. The first-order valence-corrected chi connectivity index (χ1v) is 42.1. The number of rotatable bonds is 75. The van der Waals surface area contributed by atoms with Gasteiger partial charge in [-0.3, -0.25) is 18.6 Å². The number of carbonyl (C=O) groups is 2. The van der Waals surface area contributed by atoms with Crippen LogP contribution >= 0.6 is 7.82 Å². The average Bonchev–Trinajstić information content (AvgIpc) is 1.19. The van der Waals surface area contributed by atoms with E-state index in [9.17, 15) is 19.0 Å². The Balaban J connectivity index is 3.84. The number of allylic oxidation sites excluding steroid dienone is 28. The smallest absolute Gasteiger partial charge is 0.462 e. The van der Waals surface area contributed by atoms with Crippen LogP contribution in [0.5, 0.6) is 0 Å². The summed E-state index contributed by atoms with van der Waals surface area (Å²) >= 11 is 0. The van der Waals surface area contributed by atoms with Gasteiger partial charge in [-0.15, -0.1) is 0 Å². The molecule has 0 aliphatic carbocycles. The molecule has 0 radical (unpaired) electrons. The number of esters is 2. The number of hydrogen-bond donors (Lipinski definition) is 2. The van der Waals surface area contributed by atoms with E-state index in [0.29, 0.717) is 6.42 Å². The number of nitrogens with two attached hydrogens (primary N) is 1. The molecule has 0 aromatic heterocycles. The van der Waals surface area contributed by atoms with Crippen molar-refractivity contribution in [1.82, 2.24) is 0 Å². The zero-order valence-corrected chi connectivity index (χ0v) is 64.6. The summed E-state index contributed by atoms with van der Waals surface area (Å²) in [4.78, 5) is 35.5. The molecular formula is C89H150NO8P. The average molecular weight is 1390 g/mol. The fraction of sp³-hybridized carbons (Fsp3) is 0.663. The summed E-state index contributed by atoms with van der Waals surface area (Å²) in [6.07, 6.45) is 122. The van der Waals surface area contributed by atoms with E-state index in [4.69, 9.17) is 24.3 Å². The Kier molecular flexibility index (Phi) is 78.5. The van der Waals surface area contributed by atoms with Crippen LogP contribution in [-0.4, -0.2) is 49.3 Å². The van der Waals surface area contributed by atoms with Crippen molar-refractivity contribution < 1.29 is 37.6 Å². The predicted molar refractivity (Wildman–Crippen MR) is 431 cm³/mol. The summed E-state index contributed by atoms with van der Waals surface area (Å²) in [5.74, 6) is -0.821. The maximum absolute atomic E-state index is 12.8. The van der Waals surface area contributed by atoms with Crippen molar-refractivity contribution in [3.05, 3.63) is 170 Å². The zero-order chi connectivity index (χ0) is 71.5. The molecule has 0 bridgehead atoms. The molecule has 0 heterocycles. The van der Waals surface area contributed by atoms with Crippen molar-refractivity contribution in [3.63, 3.8) is 0 Å². The van der Waals surface area contributed by atoms with Crippen molar-refractivity contribution in [3.8, 4) is 0 Å². The van der Waals surface area contributed by atoms with Crippen LogP contribution in [0.2, 0.25) is 0 Å². The zero-order valence-electron chi connectivity index (χ0n) is 63.7. The number of carbonyl (C=O) groups excluding carboxylic acids is 2. The van der Waals surface area contributed by atoms with Crippen molar-refractivity contribution in [1.29, 1.82) is 0 Å². The highest BCUT2D eigenvalue weighted by Gasteiger charge is 2.26. The van der Waals surface area contributed by atoms with E-state index >= 15 is 0 Å². The minimum absolute atomic E-state index is 0.0491. The second-order valence-electron chi connectivity index (χ2n) is 26.5. The molecule has 0 aliphatic rings. The second-order valence-corrected chi connectivity index (χ2v) is 28.0. The topological polar surface area (TPSA) is 134 Å². The second kappa shape index (κ2) is 82.3. The Morgan fingerprint density at radius 2 is 0.525 bits per heavy atom. The molecule has 0 aromatic rings. The van der Waals surface area contributed by atoms with Gasteiger partial charge in [-0.1, -0.05) is 377 Å². The number of phosphoric ester groups is 1. The Bertz CT molecular complexity index is 2240. The highest BCUT2D eigenvalue weighted by atomic mass is 31.2. The third-order valence-corrected chi connectivity index (χ3v) is 18.1. The quantitative estimate of drug-likeness (QED) is 0.0264. The molecule has 9 nitrogen and oxygen atoms in total. The summed E-state index contributed by atoms with van der Waals surface area (Å²) in [6, 6.07) is 0. The van der Waals surface area contributed by atoms with E-state index in [0.717, 1.165) is 128 Å². The minimum Gasteiger partial charge on any atom is -0.462 e. The van der Waals surface area contributed by atoms with Crippen LogP contribution in [-0.2, 0) is 32.7 Å². The first-order chi connectivity index (χ1) is 48.8. The van der Waals surface area contributed by atoms with Gasteiger partial charge in [-0.25, -0.2) is 4.57 Å². The largest absolute Gasteiger partial charge is 0.472 e. The third kappa shape index (κ3) is 82.2. The van der Waals surface area contributed by atoms with Gasteiger partial charge in [0.1, 0.15) is 6.61 Å². The molecule has 0 spiro atoms. The van der Waals surface area contributed by atoms with Crippen LogP contribution in [0.15, 0.2) is 170 Å². The summed E-state index contributed by atoms with van der Waals surface area (Å²) in [7, 11) is -4.40. The van der Waals surface area contributed by atoms with Crippen LogP contribution in [0.25, 0.3) is 0 Å². The van der Waals surface area contributed by atoms with Gasteiger partial charge in [-0.2, -0.15) is 0 Å². The molecule has 0 amide bonds. The van der Waals surface area contributed by atoms with Crippen LogP contribution in [0.4, 0.5) is 0 Å². The van der Waals surface area contributed by atoms with E-state index in [1.807, 2.05) is 0 Å². The lowest BCUT2D eigenvalue weighted by molar-refractivity contribution is -0.161. The molecule has 0 rings (SSSR count). The maximum Gasteiger partial charge on any atom is 0.472 e. The van der Waals surface area contributed by atoms with Crippen LogP contribution in [0.3, 0.4) is 0 Å². The minimum atomic E-state index is -4.40. The summed E-state index contributed by atoms with van der Waals surface area (Å²) in [6.45, 7) is 3.54. The molecule has 0 saturated heterocycles. The number of hydrogen-bond acceptors (Lipinski definition) is 8. The highest BCUT2D eigenvalue weighted by molar-refractivity contribution is 7.47. The summed E-state index contributed by atoms with van der Waals surface area (Å²) in [5, 5.41) is 0. The van der Waals surface area contributed by atoms with Crippen LogP contribution < -0.4 is 5.73 Å². The van der Waals surface area contributed by atoms with E-state index in [-0.39, 0.29) is 38.6 Å². The molecular weight excluding hydrogens is 1240 g/mol. The first kappa shape index (κ1) is 94.4. The maximum atomic E-state index is 12.8. The van der Waals surface area contributed by atoms with Crippen molar-refractivity contribution in [2.24, 2.45) is 5.73 Å². The molecule has 10 heteroatoms. The van der Waals surface area contributed by atoms with E-state index in [1.165, 1.54) is 186 Å². The molecule has 2 unspecified atom stereocenters. The molecule has 3 N–H and O–H groups in total. The Labute approximate surface area is 610 Å². The van der Waals surface area contributed by atoms with Gasteiger partial charge >= 0.3 is 19.8 Å². The number of ether oxygens (including phenoxy) is 2. The van der Waals surface area contributed by atoms with Crippen molar-refractivity contribution >= 4 is 19.8 Å². The molecule has 564 valence electrons. The molecule has 99 heavy (non-hydrogen) atoms. The standard InChI is InChI=1S/C89H150NO8P/c1-3-5-7-9-11-13-15-17-19-21-23-25-27-29-31-33-35-37-39-41-42-43-44-46-48-50-52-54-56-58-60-62-64-66-68-70-72-74-76-78-80-82-89(92)98-87(86-97-99(93,94)96-84-83-90)85-95-88(91)81-79-77-75-73-71-69-67-65-63-61-59-57-55-53-51-49-47-45-40-38-36-34-32-30-28-26-24-22-20-18-16-14-12-10-8-6-4-2/h5-8,11-14,17-20,23-26,29-32,35-38,41-42,44,46,87H,3-4,9-10,15-16,21-22,27-28,33-34,39-40,43,45,47-86,90H2,1-2H3,(H,93,94)/b7-5-,8-6-,13-11-,14-12-,19-17-,20-18-,25-23-,26-24-,31-29-,32-30-,37-35-,38-36-,42-41-,46-44-. The lowest BCUT2D eigenvalue weighted by Gasteiger charge is -2.19. The van der Waals surface area contributed by atoms with Crippen LogP contribution in [0, 0.1) is 0 Å². The highest BCUT2D eigenvalue weighted by Crippen LogP contribution is 2.43. The van der Waals surface area contributed by atoms with Crippen molar-refractivity contribution in [2.75, 3.05) is 26.4 Å². The monoisotopic (exact) mass is 1390 g/mol. The SMILES string of the molecule is CC/C=C\C/C=C\C/C=C\C/C=C\C/C=C\C/C=C\C/C=C\C/C=C\CCCCCCCCCCCCCCCCCCC(=O)OC(COC(=O)CCCCCCCCCCCCCCCCCCCC/C=C\C/C=C\C/C=C\C/C=C\C/C=C\C/C=C\CC)COP(=O)(O)OCCN. The summed E-state index contributed by atoms with van der Waals surface area (Å²) in [5.41, 5.74) is 5.42. The van der Waals surface area contributed by atoms with Gasteiger partial charge in [0.25, 0.3) is 0 Å². The lowest BCUT2D eigenvalue weighted by Crippen LogP contribution is -2.29. The Morgan fingerprint density at radius 3 is 0.778 bits per heavy atom. The van der Waals surface area contributed by atoms with E-state index in [2.05, 4.69) is 184 Å². The molecule has 0 aliphatic heterocycles.